The molecular formula is C16H18N2O. The number of benzene rings is 1. The van der Waals surface area contributed by atoms with Crippen LogP contribution in [0.15, 0.2) is 36.5 Å². The van der Waals surface area contributed by atoms with E-state index in [-0.39, 0.29) is 11.8 Å². The molecule has 1 aliphatic rings. The fourth-order valence-electron chi connectivity index (χ4n) is 3.01. The number of nitrogens with zero attached hydrogens (tertiary/aromatic N) is 1. The van der Waals surface area contributed by atoms with Gasteiger partial charge in [0.15, 0.2) is 5.78 Å². The summed E-state index contributed by atoms with van der Waals surface area (Å²) in [5, 5.41) is 1.06. The number of hydrogen-bond donors (Lipinski definition) is 1. The number of ketones is 1. The predicted molar refractivity (Wildman–Crippen MR) is 76.0 cm³/mol. The monoisotopic (exact) mass is 254 g/mol. The van der Waals surface area contributed by atoms with Gasteiger partial charge in [0, 0.05) is 28.6 Å². The van der Waals surface area contributed by atoms with Crippen LogP contribution in [0.25, 0.3) is 10.9 Å². The number of carbonyl (C=O) groups is 1. The van der Waals surface area contributed by atoms with Crippen LogP contribution in [0.2, 0.25) is 0 Å². The van der Waals surface area contributed by atoms with Crippen LogP contribution in [0.5, 0.6) is 0 Å². The normalized spacial score (nSPS) is 26.7. The van der Waals surface area contributed by atoms with E-state index in [0.717, 1.165) is 35.7 Å². The zero-order valence-corrected chi connectivity index (χ0v) is 11.1. The molecule has 0 saturated heterocycles. The minimum atomic E-state index is -0.414. The van der Waals surface area contributed by atoms with Crippen molar-refractivity contribution in [3.63, 3.8) is 0 Å². The smallest absolute Gasteiger partial charge is 0.170 e. The van der Waals surface area contributed by atoms with Crippen LogP contribution >= 0.6 is 0 Å². The van der Waals surface area contributed by atoms with E-state index < -0.39 is 5.41 Å². The number of carbonyl (C=O) groups excluding carboxylic acids is 1. The van der Waals surface area contributed by atoms with Gasteiger partial charge in [-0.25, -0.2) is 0 Å². The molecule has 2 atom stereocenters. The van der Waals surface area contributed by atoms with Crippen molar-refractivity contribution in [1.82, 2.24) is 4.98 Å². The van der Waals surface area contributed by atoms with Crippen molar-refractivity contribution < 1.29 is 4.79 Å². The molecule has 1 saturated carbocycles. The first kappa shape index (κ1) is 12.3. The summed E-state index contributed by atoms with van der Waals surface area (Å²) in [5.74, 6) is 0.157. The van der Waals surface area contributed by atoms with E-state index >= 15 is 0 Å². The van der Waals surface area contributed by atoms with Crippen molar-refractivity contribution >= 4 is 16.7 Å². The fraction of sp³-hybridized carbons (Fsp3) is 0.375. The van der Waals surface area contributed by atoms with Gasteiger partial charge in [-0.05, 0) is 25.0 Å². The molecule has 98 valence electrons. The number of aromatic nitrogens is 1. The number of fused-ring (bicyclic) bond motifs is 1. The lowest BCUT2D eigenvalue weighted by Gasteiger charge is -2.27. The third-order valence-electron chi connectivity index (χ3n) is 4.42. The Labute approximate surface area is 112 Å². The summed E-state index contributed by atoms with van der Waals surface area (Å²) in [4.78, 5) is 17.0. The molecular weight excluding hydrogens is 236 g/mol. The standard InChI is InChI=1S/C16H18N2O/c1-16(8-2-5-14(16)17)15(19)12-7-6-11-4-3-9-18-13(11)10-12/h3-4,6-7,9-10,14H,2,5,8,17H2,1H3. The number of nitrogens with two attached hydrogens (primary N) is 1. The minimum absolute atomic E-state index is 0.0283. The largest absolute Gasteiger partial charge is 0.327 e. The van der Waals surface area contributed by atoms with Crippen LogP contribution in [-0.4, -0.2) is 16.8 Å². The summed E-state index contributed by atoms with van der Waals surface area (Å²) in [7, 11) is 0. The maximum Gasteiger partial charge on any atom is 0.170 e. The molecule has 1 aliphatic carbocycles. The summed E-state index contributed by atoms with van der Waals surface area (Å²) >= 11 is 0. The van der Waals surface area contributed by atoms with Gasteiger partial charge in [0.2, 0.25) is 0 Å². The van der Waals surface area contributed by atoms with Crippen molar-refractivity contribution in [2.45, 2.75) is 32.2 Å². The topological polar surface area (TPSA) is 56.0 Å². The van der Waals surface area contributed by atoms with Gasteiger partial charge in [-0.1, -0.05) is 31.5 Å². The van der Waals surface area contributed by atoms with E-state index in [1.54, 1.807) is 6.20 Å². The lowest BCUT2D eigenvalue weighted by Crippen LogP contribution is -2.41. The lowest BCUT2D eigenvalue weighted by atomic mass is 9.78. The Hall–Kier alpha value is -1.74. The first-order valence-electron chi connectivity index (χ1n) is 6.76. The molecule has 3 heteroatoms. The summed E-state index contributed by atoms with van der Waals surface area (Å²) in [6.45, 7) is 2.00. The Kier molecular flexibility index (Phi) is 2.86. The zero-order valence-electron chi connectivity index (χ0n) is 11.1. The maximum absolute atomic E-state index is 12.7. The highest BCUT2D eigenvalue weighted by Crippen LogP contribution is 2.39. The number of rotatable bonds is 2. The number of Topliss-reactive ketones (excluding diaryl/α,β-unsaturated/α-hetero) is 1. The summed E-state index contributed by atoms with van der Waals surface area (Å²) in [5.41, 5.74) is 7.31. The van der Waals surface area contributed by atoms with E-state index in [1.807, 2.05) is 37.3 Å². The Morgan fingerprint density at radius 2 is 2.26 bits per heavy atom. The van der Waals surface area contributed by atoms with Crippen molar-refractivity contribution in [3.05, 3.63) is 42.1 Å². The van der Waals surface area contributed by atoms with Gasteiger partial charge in [0.05, 0.1) is 5.52 Å². The maximum atomic E-state index is 12.7. The number of hydrogen-bond acceptors (Lipinski definition) is 3. The van der Waals surface area contributed by atoms with Crippen LogP contribution in [0.1, 0.15) is 36.5 Å². The molecule has 1 fully saturated rings. The summed E-state index contributed by atoms with van der Waals surface area (Å²) in [6, 6.07) is 9.60. The van der Waals surface area contributed by atoms with Crippen LogP contribution < -0.4 is 5.73 Å². The molecule has 3 nitrogen and oxygen atoms in total. The van der Waals surface area contributed by atoms with Gasteiger partial charge in [-0.2, -0.15) is 0 Å². The minimum Gasteiger partial charge on any atom is -0.327 e. The van der Waals surface area contributed by atoms with Crippen LogP contribution in [0, 0.1) is 5.41 Å². The first-order valence-corrected chi connectivity index (χ1v) is 6.76. The van der Waals surface area contributed by atoms with Crippen molar-refractivity contribution in [3.8, 4) is 0 Å². The highest BCUT2D eigenvalue weighted by atomic mass is 16.1. The molecule has 2 aromatic rings. The molecule has 0 bridgehead atoms. The molecule has 2 unspecified atom stereocenters. The van der Waals surface area contributed by atoms with E-state index in [9.17, 15) is 4.79 Å². The molecule has 1 aromatic carbocycles. The Morgan fingerprint density at radius 3 is 3.00 bits per heavy atom. The number of pyridine rings is 1. The molecule has 0 spiro atoms. The highest BCUT2D eigenvalue weighted by Gasteiger charge is 2.43. The van der Waals surface area contributed by atoms with Crippen LogP contribution in [0.4, 0.5) is 0 Å². The van der Waals surface area contributed by atoms with E-state index in [2.05, 4.69) is 4.98 Å². The van der Waals surface area contributed by atoms with E-state index in [4.69, 9.17) is 5.73 Å². The molecule has 2 N–H and O–H groups in total. The van der Waals surface area contributed by atoms with Crippen molar-refractivity contribution in [2.24, 2.45) is 11.1 Å². The molecule has 0 amide bonds. The highest BCUT2D eigenvalue weighted by molar-refractivity contribution is 6.03. The third-order valence-corrected chi connectivity index (χ3v) is 4.42. The SMILES string of the molecule is CC1(C(=O)c2ccc3cccnc3c2)CCCC1N. The molecule has 3 rings (SSSR count). The average Bonchev–Trinajstić information content (AvgIpc) is 2.78. The zero-order chi connectivity index (χ0) is 13.5. The average molecular weight is 254 g/mol. The Bertz CT molecular complexity index is 637. The summed E-state index contributed by atoms with van der Waals surface area (Å²) in [6.07, 6.45) is 4.61. The quantitative estimate of drug-likeness (QED) is 0.838. The van der Waals surface area contributed by atoms with Gasteiger partial charge >= 0.3 is 0 Å². The van der Waals surface area contributed by atoms with Gasteiger partial charge in [-0.15, -0.1) is 0 Å². The molecule has 1 aromatic heterocycles. The van der Waals surface area contributed by atoms with Gasteiger partial charge < -0.3 is 5.73 Å². The van der Waals surface area contributed by atoms with Gasteiger partial charge in [0.25, 0.3) is 0 Å². The fourth-order valence-corrected chi connectivity index (χ4v) is 3.01. The molecule has 0 radical (unpaired) electrons. The van der Waals surface area contributed by atoms with E-state index in [1.165, 1.54) is 0 Å². The Balaban J connectivity index is 2.02. The molecule has 0 aliphatic heterocycles. The molecule has 1 heterocycles. The Morgan fingerprint density at radius 1 is 1.42 bits per heavy atom. The van der Waals surface area contributed by atoms with Crippen molar-refractivity contribution in [2.75, 3.05) is 0 Å². The molecule has 19 heavy (non-hydrogen) atoms. The first-order chi connectivity index (χ1) is 9.11. The van der Waals surface area contributed by atoms with Gasteiger partial charge in [-0.3, -0.25) is 9.78 Å². The van der Waals surface area contributed by atoms with Crippen LogP contribution in [-0.2, 0) is 0 Å². The predicted octanol–water partition coefficient (Wildman–Crippen LogP) is 2.94. The van der Waals surface area contributed by atoms with Crippen molar-refractivity contribution in [1.29, 1.82) is 0 Å². The van der Waals surface area contributed by atoms with Gasteiger partial charge in [0.1, 0.15) is 0 Å². The van der Waals surface area contributed by atoms with Crippen LogP contribution in [0.3, 0.4) is 0 Å². The second-order valence-corrected chi connectivity index (χ2v) is 5.66. The summed E-state index contributed by atoms with van der Waals surface area (Å²) < 4.78 is 0. The second-order valence-electron chi connectivity index (χ2n) is 5.66. The van der Waals surface area contributed by atoms with E-state index in [0.29, 0.717) is 0 Å². The second kappa shape index (κ2) is 4.42. The third kappa shape index (κ3) is 1.94. The lowest BCUT2D eigenvalue weighted by molar-refractivity contribution is 0.0803.